The van der Waals surface area contributed by atoms with Gasteiger partial charge in [-0.3, -0.25) is 0 Å². The minimum absolute atomic E-state index is 0.276. The summed E-state index contributed by atoms with van der Waals surface area (Å²) in [4.78, 5) is 10.8. The van der Waals surface area contributed by atoms with E-state index < -0.39 is 0 Å². The monoisotopic (exact) mass is 154 g/mol. The van der Waals surface area contributed by atoms with Crippen molar-refractivity contribution in [1.29, 1.82) is 0 Å². The number of hydrogen-bond acceptors (Lipinski definition) is 1. The Hall–Kier alpha value is -0.590. The van der Waals surface area contributed by atoms with E-state index in [1.807, 2.05) is 0 Å². The van der Waals surface area contributed by atoms with E-state index in [9.17, 15) is 4.79 Å². The van der Waals surface area contributed by atoms with E-state index in [0.29, 0.717) is 12.3 Å². The summed E-state index contributed by atoms with van der Waals surface area (Å²) in [6.07, 6.45) is 0.678. The van der Waals surface area contributed by atoms with E-state index in [4.69, 9.17) is 0 Å². The molecule has 0 amide bonds. The molecular weight excluding hydrogens is 136 g/mol. The number of allylic oxidation sites excluding steroid dienone is 2. The molecule has 0 radical (unpaired) electrons. The van der Waals surface area contributed by atoms with Crippen LogP contribution < -0.4 is 0 Å². The first-order valence-electron chi connectivity index (χ1n) is 4.08. The third-order valence-corrected chi connectivity index (χ3v) is 2.12. The Balaban J connectivity index is 4.15. The van der Waals surface area contributed by atoms with Crippen molar-refractivity contribution in [1.82, 2.24) is 0 Å². The number of carbonyl (C=O) groups excluding carboxylic acids is 1. The molecule has 0 spiro atoms. The number of hydrogen-bond donors (Lipinski definition) is 0. The summed E-state index contributed by atoms with van der Waals surface area (Å²) < 4.78 is 0. The Morgan fingerprint density at radius 3 is 1.91 bits per heavy atom. The lowest BCUT2D eigenvalue weighted by Crippen LogP contribution is -2.03. The first-order chi connectivity index (χ1) is 4.95. The lowest BCUT2D eigenvalue weighted by Gasteiger charge is -2.11. The Kier molecular flexibility index (Phi) is 4.09. The Labute approximate surface area is 69.5 Å². The maximum absolute atomic E-state index is 10.8. The van der Waals surface area contributed by atoms with Crippen molar-refractivity contribution in [2.24, 2.45) is 5.92 Å². The van der Waals surface area contributed by atoms with E-state index >= 15 is 0 Å². The van der Waals surface area contributed by atoms with E-state index in [1.165, 1.54) is 11.1 Å². The SMILES string of the molecule is CC(=O)C[C@@H](C)C(C)=C(C)C. The van der Waals surface area contributed by atoms with Crippen LogP contribution in [-0.4, -0.2) is 5.78 Å². The van der Waals surface area contributed by atoms with Crippen LogP contribution in [0.25, 0.3) is 0 Å². The molecule has 0 aliphatic carbocycles. The molecule has 0 saturated carbocycles. The van der Waals surface area contributed by atoms with Crippen LogP contribution >= 0.6 is 0 Å². The van der Waals surface area contributed by atoms with Gasteiger partial charge in [0.05, 0.1) is 0 Å². The molecule has 0 heterocycles. The number of rotatable bonds is 3. The molecule has 0 rings (SSSR count). The van der Waals surface area contributed by atoms with E-state index in [-0.39, 0.29) is 5.78 Å². The zero-order valence-corrected chi connectivity index (χ0v) is 8.19. The van der Waals surface area contributed by atoms with E-state index in [0.717, 1.165) is 0 Å². The molecule has 0 N–H and O–H groups in total. The van der Waals surface area contributed by atoms with Crippen molar-refractivity contribution in [2.75, 3.05) is 0 Å². The fraction of sp³-hybridized carbons (Fsp3) is 0.700. The van der Waals surface area contributed by atoms with Gasteiger partial charge in [0.15, 0.2) is 0 Å². The second kappa shape index (κ2) is 4.32. The molecule has 1 heteroatoms. The highest BCUT2D eigenvalue weighted by atomic mass is 16.1. The quantitative estimate of drug-likeness (QED) is 0.571. The van der Waals surface area contributed by atoms with Crippen molar-refractivity contribution < 1.29 is 4.79 Å². The van der Waals surface area contributed by atoms with E-state index in [2.05, 4.69) is 27.7 Å². The van der Waals surface area contributed by atoms with E-state index in [1.54, 1.807) is 6.92 Å². The summed E-state index contributed by atoms with van der Waals surface area (Å²) in [6.45, 7) is 10.0. The van der Waals surface area contributed by atoms with Gasteiger partial charge in [-0.1, -0.05) is 18.1 Å². The van der Waals surface area contributed by atoms with Gasteiger partial charge >= 0.3 is 0 Å². The highest BCUT2D eigenvalue weighted by Crippen LogP contribution is 2.17. The zero-order chi connectivity index (χ0) is 9.02. The molecule has 0 aromatic carbocycles. The summed E-state index contributed by atoms with van der Waals surface area (Å²) in [5.41, 5.74) is 2.68. The molecule has 64 valence electrons. The summed E-state index contributed by atoms with van der Waals surface area (Å²) in [5, 5.41) is 0. The Morgan fingerprint density at radius 2 is 1.64 bits per heavy atom. The van der Waals surface area contributed by atoms with Gasteiger partial charge < -0.3 is 4.79 Å². The van der Waals surface area contributed by atoms with Crippen molar-refractivity contribution in [3.63, 3.8) is 0 Å². The number of ketones is 1. The summed E-state index contributed by atoms with van der Waals surface area (Å²) in [5.74, 6) is 0.690. The van der Waals surface area contributed by atoms with Crippen LogP contribution in [0.2, 0.25) is 0 Å². The molecule has 0 aliphatic heterocycles. The average Bonchev–Trinajstić information content (AvgIpc) is 1.84. The molecular formula is C10H18O. The van der Waals surface area contributed by atoms with Gasteiger partial charge in [0.25, 0.3) is 0 Å². The first kappa shape index (κ1) is 10.4. The fourth-order valence-corrected chi connectivity index (χ4v) is 1.08. The second-order valence-corrected chi connectivity index (χ2v) is 3.49. The molecule has 0 bridgehead atoms. The normalized spacial score (nSPS) is 12.5. The average molecular weight is 154 g/mol. The van der Waals surface area contributed by atoms with Crippen molar-refractivity contribution in [3.05, 3.63) is 11.1 Å². The molecule has 0 aromatic heterocycles. The van der Waals surface area contributed by atoms with Gasteiger partial charge in [-0.25, -0.2) is 0 Å². The standard InChI is InChI=1S/C10H18O/c1-7(2)10(5)8(3)6-9(4)11/h8H,6H2,1-5H3/t8-/m1/s1. The highest BCUT2D eigenvalue weighted by molar-refractivity contribution is 5.76. The highest BCUT2D eigenvalue weighted by Gasteiger charge is 2.07. The Morgan fingerprint density at radius 1 is 1.18 bits per heavy atom. The summed E-state index contributed by atoms with van der Waals surface area (Å²) in [6, 6.07) is 0. The number of Topliss-reactive ketones (excluding diaryl/α,β-unsaturated/α-hetero) is 1. The third-order valence-electron chi connectivity index (χ3n) is 2.12. The maximum atomic E-state index is 10.8. The molecule has 0 unspecified atom stereocenters. The lowest BCUT2D eigenvalue weighted by molar-refractivity contribution is -0.117. The summed E-state index contributed by atoms with van der Waals surface area (Å²) in [7, 11) is 0. The molecule has 0 aliphatic rings. The van der Waals surface area contributed by atoms with Crippen LogP contribution in [0.1, 0.15) is 41.0 Å². The first-order valence-corrected chi connectivity index (χ1v) is 4.08. The predicted octanol–water partition coefficient (Wildman–Crippen LogP) is 2.96. The topological polar surface area (TPSA) is 17.1 Å². The second-order valence-electron chi connectivity index (χ2n) is 3.49. The fourth-order valence-electron chi connectivity index (χ4n) is 1.08. The molecule has 11 heavy (non-hydrogen) atoms. The van der Waals surface area contributed by atoms with Crippen molar-refractivity contribution in [2.45, 2.75) is 41.0 Å². The number of carbonyl (C=O) groups is 1. The third kappa shape index (κ3) is 3.97. The molecule has 1 nitrogen and oxygen atoms in total. The van der Waals surface area contributed by atoms with Crippen LogP contribution in [-0.2, 0) is 4.79 Å². The molecule has 0 aromatic rings. The van der Waals surface area contributed by atoms with Crippen LogP contribution in [0.5, 0.6) is 0 Å². The lowest BCUT2D eigenvalue weighted by atomic mass is 9.94. The van der Waals surface area contributed by atoms with Crippen LogP contribution in [0.15, 0.2) is 11.1 Å². The molecule has 0 fully saturated rings. The minimum Gasteiger partial charge on any atom is -0.300 e. The molecule has 0 saturated heterocycles. The summed E-state index contributed by atoms with van der Waals surface area (Å²) >= 11 is 0. The van der Waals surface area contributed by atoms with Crippen molar-refractivity contribution in [3.8, 4) is 0 Å². The van der Waals surface area contributed by atoms with Gasteiger partial charge in [-0.15, -0.1) is 0 Å². The van der Waals surface area contributed by atoms with Gasteiger partial charge in [0, 0.05) is 6.42 Å². The maximum Gasteiger partial charge on any atom is 0.130 e. The smallest absolute Gasteiger partial charge is 0.130 e. The van der Waals surface area contributed by atoms with Gasteiger partial charge in [-0.05, 0) is 33.6 Å². The largest absolute Gasteiger partial charge is 0.300 e. The predicted molar refractivity (Wildman–Crippen MR) is 48.5 cm³/mol. The minimum atomic E-state index is 0.276. The van der Waals surface area contributed by atoms with Crippen molar-refractivity contribution >= 4 is 5.78 Å². The zero-order valence-electron chi connectivity index (χ0n) is 8.19. The Bertz CT molecular complexity index is 173. The van der Waals surface area contributed by atoms with Crippen LogP contribution in [0.4, 0.5) is 0 Å². The van der Waals surface area contributed by atoms with Gasteiger partial charge in [0.2, 0.25) is 0 Å². The molecule has 1 atom stereocenters. The van der Waals surface area contributed by atoms with Gasteiger partial charge in [-0.2, -0.15) is 0 Å². The van der Waals surface area contributed by atoms with Crippen LogP contribution in [0.3, 0.4) is 0 Å². The van der Waals surface area contributed by atoms with Crippen LogP contribution in [0, 0.1) is 5.92 Å². The van der Waals surface area contributed by atoms with Gasteiger partial charge in [0.1, 0.15) is 5.78 Å².